The van der Waals surface area contributed by atoms with Crippen molar-refractivity contribution in [1.82, 2.24) is 15.5 Å². The number of nitrogens with zero attached hydrogens (tertiary/aromatic N) is 1. The lowest BCUT2D eigenvalue weighted by atomic mass is 9.91. The largest absolute Gasteiger partial charge is 0.378 e. The zero-order chi connectivity index (χ0) is 16.4. The fraction of sp³-hybridized carbons (Fsp3) is 0.316. The summed E-state index contributed by atoms with van der Waals surface area (Å²) in [7, 11) is 0.725. The number of benzene rings is 1. The predicted molar refractivity (Wildman–Crippen MR) is 99.1 cm³/mol. The van der Waals surface area contributed by atoms with Crippen LogP contribution in [-0.4, -0.2) is 29.8 Å². The second-order valence-corrected chi connectivity index (χ2v) is 7.68. The van der Waals surface area contributed by atoms with Gasteiger partial charge in [0.05, 0.1) is 11.5 Å². The van der Waals surface area contributed by atoms with Crippen molar-refractivity contribution in [2.24, 2.45) is 0 Å². The van der Waals surface area contributed by atoms with Crippen molar-refractivity contribution < 1.29 is 4.79 Å². The number of hydrogen-bond acceptors (Lipinski definition) is 2. The number of hydrogen-bond donors (Lipinski definition) is 2. The van der Waals surface area contributed by atoms with Gasteiger partial charge in [0.2, 0.25) is 0 Å². The predicted octanol–water partition coefficient (Wildman–Crippen LogP) is 3.48. The van der Waals surface area contributed by atoms with Gasteiger partial charge in [-0.05, 0) is 18.4 Å². The number of fused-ring (bicyclic) bond motifs is 1. The van der Waals surface area contributed by atoms with E-state index < -0.39 is 0 Å². The monoisotopic (exact) mass is 339 g/mol. The molecule has 0 radical (unpaired) electrons. The highest BCUT2D eigenvalue weighted by Gasteiger charge is 2.28. The molecule has 3 aliphatic heterocycles. The minimum atomic E-state index is 0.0168. The summed E-state index contributed by atoms with van der Waals surface area (Å²) in [5.74, 6) is 2.95. The summed E-state index contributed by atoms with van der Waals surface area (Å²) in [4.78, 5) is 14.7. The Labute approximate surface area is 144 Å². The first-order valence-corrected chi connectivity index (χ1v) is 9.67. The third-order valence-electron chi connectivity index (χ3n) is 4.87. The number of likely N-dealkylation sites (tertiary alicyclic amines) is 1. The smallest absolute Gasteiger partial charge is 0.321 e. The molecule has 2 N–H and O–H groups in total. The van der Waals surface area contributed by atoms with E-state index in [1.807, 2.05) is 17.2 Å². The lowest BCUT2D eigenvalue weighted by molar-refractivity contribution is 0.182. The first-order valence-electron chi connectivity index (χ1n) is 8.51. The molecule has 1 aromatic carbocycles. The third kappa shape index (κ3) is 3.11. The van der Waals surface area contributed by atoms with Gasteiger partial charge in [-0.3, -0.25) is 0 Å². The molecule has 1 saturated heterocycles. The Morgan fingerprint density at radius 2 is 2.17 bits per heavy atom. The second-order valence-electron chi connectivity index (χ2n) is 6.43. The van der Waals surface area contributed by atoms with Crippen LogP contribution in [0.2, 0.25) is 0 Å². The Morgan fingerprint density at radius 3 is 3.04 bits per heavy atom. The van der Waals surface area contributed by atoms with Crippen LogP contribution in [0.5, 0.6) is 0 Å². The topological polar surface area (TPSA) is 44.4 Å². The molecule has 3 unspecified atom stereocenters. The molecule has 3 atom stereocenters. The van der Waals surface area contributed by atoms with Crippen molar-refractivity contribution in [3.63, 3.8) is 0 Å². The Bertz CT molecular complexity index is 711. The summed E-state index contributed by atoms with van der Waals surface area (Å²) in [5, 5.41) is 6.46. The van der Waals surface area contributed by atoms with Crippen molar-refractivity contribution in [3.8, 4) is 0 Å². The number of carbonyl (C=O) groups is 1. The number of rotatable bonds is 2. The summed E-state index contributed by atoms with van der Waals surface area (Å²) in [6.45, 7) is 1.63. The van der Waals surface area contributed by atoms with Crippen LogP contribution in [0, 0.1) is 0 Å². The SMILES string of the molecule is O=C(NC1=CNC2PC=CC=C12)N1CCCC(c2ccccc2)C1. The molecule has 2 amide bonds. The molecule has 0 spiro atoms. The summed E-state index contributed by atoms with van der Waals surface area (Å²) in [5.41, 5.74) is 3.45. The Morgan fingerprint density at radius 1 is 1.29 bits per heavy atom. The molecule has 0 aliphatic carbocycles. The quantitative estimate of drug-likeness (QED) is 0.810. The van der Waals surface area contributed by atoms with Crippen LogP contribution in [0.25, 0.3) is 0 Å². The molecule has 0 aromatic heterocycles. The van der Waals surface area contributed by atoms with E-state index in [0.29, 0.717) is 11.7 Å². The van der Waals surface area contributed by atoms with Crippen LogP contribution in [-0.2, 0) is 0 Å². The first-order chi connectivity index (χ1) is 11.8. The lowest BCUT2D eigenvalue weighted by Gasteiger charge is -2.33. The maximum Gasteiger partial charge on any atom is 0.321 e. The van der Waals surface area contributed by atoms with Crippen molar-refractivity contribution >= 4 is 14.6 Å². The zero-order valence-electron chi connectivity index (χ0n) is 13.5. The van der Waals surface area contributed by atoms with Crippen LogP contribution >= 0.6 is 8.58 Å². The molecule has 4 rings (SSSR count). The molecule has 0 saturated carbocycles. The van der Waals surface area contributed by atoms with E-state index >= 15 is 0 Å². The maximum atomic E-state index is 12.7. The van der Waals surface area contributed by atoms with Crippen LogP contribution in [0.4, 0.5) is 4.79 Å². The van der Waals surface area contributed by atoms with E-state index in [9.17, 15) is 4.79 Å². The van der Waals surface area contributed by atoms with E-state index in [4.69, 9.17) is 0 Å². The summed E-state index contributed by atoms with van der Waals surface area (Å²) in [6.07, 6.45) is 8.31. The molecule has 3 aliphatic rings. The molecule has 0 bridgehead atoms. The normalized spacial score (nSPS) is 26.4. The number of carbonyl (C=O) groups excluding carboxylic acids is 1. The van der Waals surface area contributed by atoms with Gasteiger partial charge in [-0.2, -0.15) is 0 Å². The first kappa shape index (κ1) is 15.5. The van der Waals surface area contributed by atoms with E-state index in [-0.39, 0.29) is 6.03 Å². The van der Waals surface area contributed by atoms with Crippen LogP contribution in [0.3, 0.4) is 0 Å². The van der Waals surface area contributed by atoms with Crippen LogP contribution in [0.1, 0.15) is 24.3 Å². The van der Waals surface area contributed by atoms with E-state index in [1.54, 1.807) is 0 Å². The van der Waals surface area contributed by atoms with Gasteiger partial charge >= 0.3 is 6.03 Å². The number of piperidine rings is 1. The summed E-state index contributed by atoms with van der Waals surface area (Å²) >= 11 is 0. The molecule has 24 heavy (non-hydrogen) atoms. The average Bonchev–Trinajstić information content (AvgIpc) is 3.06. The molecule has 5 heteroatoms. The van der Waals surface area contributed by atoms with Gasteiger partial charge in [0, 0.05) is 30.8 Å². The molecule has 124 valence electrons. The zero-order valence-corrected chi connectivity index (χ0v) is 14.5. The van der Waals surface area contributed by atoms with Gasteiger partial charge in [-0.25, -0.2) is 4.79 Å². The van der Waals surface area contributed by atoms with Crippen molar-refractivity contribution in [3.05, 3.63) is 71.3 Å². The highest BCUT2D eigenvalue weighted by molar-refractivity contribution is 7.43. The number of nitrogens with one attached hydrogen (secondary N) is 2. The van der Waals surface area contributed by atoms with Gasteiger partial charge in [-0.15, -0.1) is 0 Å². The number of urea groups is 1. The molecule has 1 fully saturated rings. The van der Waals surface area contributed by atoms with Gasteiger partial charge in [0.15, 0.2) is 0 Å². The number of amides is 2. The van der Waals surface area contributed by atoms with Gasteiger partial charge in [0.25, 0.3) is 0 Å². The van der Waals surface area contributed by atoms with Gasteiger partial charge in [-0.1, -0.05) is 56.9 Å². The van der Waals surface area contributed by atoms with Crippen molar-refractivity contribution in [2.45, 2.75) is 24.5 Å². The Kier molecular flexibility index (Phi) is 4.40. The minimum absolute atomic E-state index is 0.0168. The van der Waals surface area contributed by atoms with Crippen molar-refractivity contribution in [1.29, 1.82) is 0 Å². The Balaban J connectivity index is 1.41. The molecule has 4 nitrogen and oxygen atoms in total. The average molecular weight is 339 g/mol. The molecular weight excluding hydrogens is 317 g/mol. The maximum absolute atomic E-state index is 12.7. The minimum Gasteiger partial charge on any atom is -0.378 e. The fourth-order valence-corrected chi connectivity index (χ4v) is 4.59. The van der Waals surface area contributed by atoms with Gasteiger partial charge in [0.1, 0.15) is 0 Å². The molecule has 1 aromatic rings. The summed E-state index contributed by atoms with van der Waals surface area (Å²) < 4.78 is 0. The lowest BCUT2D eigenvalue weighted by Crippen LogP contribution is -2.44. The molecule has 3 heterocycles. The van der Waals surface area contributed by atoms with Crippen molar-refractivity contribution in [2.75, 3.05) is 13.1 Å². The summed E-state index contributed by atoms with van der Waals surface area (Å²) in [6, 6.07) is 10.5. The standard InChI is InChI=1S/C19H22N3OP/c23-19(21-17-12-20-18-16(17)9-5-11-24-18)22-10-4-8-15(13-22)14-6-2-1-3-7-14/h1-3,5-7,9,11-12,15,18,20,24H,4,8,10,13H2,(H,21,23). The highest BCUT2D eigenvalue weighted by Crippen LogP contribution is 2.35. The van der Waals surface area contributed by atoms with E-state index in [0.717, 1.165) is 40.2 Å². The fourth-order valence-electron chi connectivity index (χ4n) is 3.58. The van der Waals surface area contributed by atoms with Crippen LogP contribution < -0.4 is 10.6 Å². The van der Waals surface area contributed by atoms with Crippen LogP contribution in [0.15, 0.2) is 65.8 Å². The third-order valence-corrected chi connectivity index (χ3v) is 6.07. The number of allylic oxidation sites excluding steroid dienone is 2. The van der Waals surface area contributed by atoms with Gasteiger partial charge < -0.3 is 15.5 Å². The van der Waals surface area contributed by atoms with E-state index in [1.165, 1.54) is 11.1 Å². The molecular formula is C19H22N3OP. The van der Waals surface area contributed by atoms with E-state index in [2.05, 4.69) is 52.9 Å². The second kappa shape index (κ2) is 6.82. The Hall–Kier alpha value is -2.06. The highest BCUT2D eigenvalue weighted by atomic mass is 31.1.